The summed E-state index contributed by atoms with van der Waals surface area (Å²) in [6.45, 7) is 12.7. The van der Waals surface area contributed by atoms with E-state index in [0.717, 1.165) is 61.4 Å². The van der Waals surface area contributed by atoms with Crippen LogP contribution in [-0.2, 0) is 21.1 Å². The van der Waals surface area contributed by atoms with E-state index in [-0.39, 0.29) is 21.1 Å². The second-order valence-electron chi connectivity index (χ2n) is 13.1. The van der Waals surface area contributed by atoms with Crippen LogP contribution in [0.2, 0.25) is 0 Å². The van der Waals surface area contributed by atoms with Crippen LogP contribution >= 0.6 is 0 Å². The molecular weight excluding hydrogens is 808 g/mol. The Bertz CT molecular complexity index is 2550. The molecule has 0 N–H and O–H groups in total. The van der Waals surface area contributed by atoms with Gasteiger partial charge < -0.3 is 19.1 Å². The summed E-state index contributed by atoms with van der Waals surface area (Å²) in [4.78, 5) is 14.5. The van der Waals surface area contributed by atoms with Gasteiger partial charge in [-0.2, -0.15) is 0 Å². The molecule has 0 amide bonds. The van der Waals surface area contributed by atoms with Gasteiger partial charge in [-0.1, -0.05) is 95.2 Å². The molecule has 0 aliphatic carbocycles. The molecule has 252 valence electrons. The fourth-order valence-electron chi connectivity index (χ4n) is 7.07. The number of pyridine rings is 3. The van der Waals surface area contributed by atoms with Gasteiger partial charge in [0.15, 0.2) is 0 Å². The fourth-order valence-corrected chi connectivity index (χ4v) is 7.07. The molecule has 0 radical (unpaired) electrons. The Morgan fingerprint density at radius 1 is 0.588 bits per heavy atom. The van der Waals surface area contributed by atoms with E-state index in [0.29, 0.717) is 11.5 Å². The van der Waals surface area contributed by atoms with Gasteiger partial charge in [-0.15, -0.1) is 23.3 Å². The first-order valence-corrected chi connectivity index (χ1v) is 16.9. The molecule has 0 saturated carbocycles. The number of aryl methyl sites for hydroxylation is 6. The number of benzene rings is 4. The Morgan fingerprint density at radius 2 is 1.25 bits per heavy atom. The molecule has 0 fully saturated rings. The van der Waals surface area contributed by atoms with Crippen LogP contribution in [0.1, 0.15) is 33.6 Å². The number of hydrogen-bond donors (Lipinski definition) is 0. The van der Waals surface area contributed by atoms with E-state index in [1.54, 1.807) is 6.20 Å². The Hall–Kier alpha value is -5.38. The summed E-state index contributed by atoms with van der Waals surface area (Å²) in [5.41, 5.74) is 15.6. The van der Waals surface area contributed by atoms with Crippen molar-refractivity contribution in [3.8, 4) is 56.3 Å². The second kappa shape index (κ2) is 13.7. The molecule has 0 aliphatic rings. The van der Waals surface area contributed by atoms with Gasteiger partial charge in [-0.05, 0) is 104 Å². The average molecular weight is 844 g/mol. The largest absolute Gasteiger partial charge is 2.00 e. The van der Waals surface area contributed by atoms with Gasteiger partial charge in [0.05, 0.1) is 11.4 Å². The summed E-state index contributed by atoms with van der Waals surface area (Å²) < 4.78 is 9.03. The third-order valence-electron chi connectivity index (χ3n) is 9.66. The maximum atomic E-state index is 6.89. The monoisotopic (exact) mass is 843 g/mol. The van der Waals surface area contributed by atoms with E-state index >= 15 is 0 Å². The standard InChI is InChI=1S/C45H36N4O.Pt/c1-27-11-9-12-28(2)43(27)33-16-19-47-41(25-33)35-24-39-38(17-20-49-32(6)31(5)48-45(39)49)42(26-35)50-37-22-34(40-15-7-8-18-46-40)21-36(23-37)44-29(3)13-10-14-30(44)4;/h7-21,23-25H,1-6H3;/q-2;+2. The molecular formula is C45H36N4OPt. The molecule has 0 bridgehead atoms. The van der Waals surface area contributed by atoms with Gasteiger partial charge in [0.1, 0.15) is 5.65 Å². The van der Waals surface area contributed by atoms with Crippen molar-refractivity contribution in [2.24, 2.45) is 0 Å². The first-order valence-electron chi connectivity index (χ1n) is 16.9. The van der Waals surface area contributed by atoms with Gasteiger partial charge >= 0.3 is 21.1 Å². The Kier molecular flexibility index (Phi) is 9.18. The zero-order chi connectivity index (χ0) is 34.5. The minimum atomic E-state index is 0. The summed E-state index contributed by atoms with van der Waals surface area (Å²) in [7, 11) is 0. The van der Waals surface area contributed by atoms with Crippen LogP contribution in [0.25, 0.3) is 61.2 Å². The van der Waals surface area contributed by atoms with Crippen LogP contribution < -0.4 is 4.74 Å². The quantitative estimate of drug-likeness (QED) is 0.157. The zero-order valence-electron chi connectivity index (χ0n) is 29.4. The van der Waals surface area contributed by atoms with Gasteiger partial charge in [-0.25, -0.2) is 4.98 Å². The van der Waals surface area contributed by atoms with Crippen LogP contribution in [0.15, 0.2) is 110 Å². The predicted octanol–water partition coefficient (Wildman–Crippen LogP) is 11.2. The van der Waals surface area contributed by atoms with Crippen molar-refractivity contribution in [3.63, 3.8) is 0 Å². The molecule has 0 aliphatic heterocycles. The molecule has 0 atom stereocenters. The molecule has 0 saturated heterocycles. The first kappa shape index (κ1) is 34.1. The molecule has 5 nitrogen and oxygen atoms in total. The smallest absolute Gasteiger partial charge is 0.496 e. The number of nitrogens with zero attached hydrogens (tertiary/aromatic N) is 4. The zero-order valence-corrected chi connectivity index (χ0v) is 31.7. The van der Waals surface area contributed by atoms with Gasteiger partial charge in [-0.3, -0.25) is 0 Å². The summed E-state index contributed by atoms with van der Waals surface area (Å²) >= 11 is 0. The number of imidazole rings is 1. The predicted molar refractivity (Wildman–Crippen MR) is 203 cm³/mol. The maximum absolute atomic E-state index is 6.89. The Labute approximate surface area is 313 Å². The molecule has 4 heterocycles. The van der Waals surface area contributed by atoms with Gasteiger partial charge in [0.2, 0.25) is 0 Å². The van der Waals surface area contributed by atoms with Crippen molar-refractivity contribution in [3.05, 3.63) is 155 Å². The maximum Gasteiger partial charge on any atom is 2.00 e. The third-order valence-corrected chi connectivity index (χ3v) is 9.66. The van der Waals surface area contributed by atoms with Crippen molar-refractivity contribution in [1.82, 2.24) is 19.4 Å². The number of ether oxygens (including phenoxy) is 1. The van der Waals surface area contributed by atoms with Gasteiger partial charge in [0, 0.05) is 30.0 Å². The number of hydrogen-bond acceptors (Lipinski definition) is 4. The van der Waals surface area contributed by atoms with E-state index < -0.39 is 0 Å². The van der Waals surface area contributed by atoms with Crippen LogP contribution in [-0.4, -0.2) is 19.4 Å². The summed E-state index contributed by atoms with van der Waals surface area (Å²) in [5, 5.41) is 1.87. The van der Waals surface area contributed by atoms with Crippen molar-refractivity contribution in [2.45, 2.75) is 41.5 Å². The molecule has 4 aromatic heterocycles. The van der Waals surface area contributed by atoms with E-state index in [9.17, 15) is 0 Å². The topological polar surface area (TPSA) is 52.3 Å². The first-order chi connectivity index (χ1) is 24.2. The molecule has 6 heteroatoms. The average Bonchev–Trinajstić information content (AvgIpc) is 3.41. The van der Waals surface area contributed by atoms with Crippen LogP contribution in [0.5, 0.6) is 11.5 Å². The fraction of sp³-hybridized carbons (Fsp3) is 0.133. The third kappa shape index (κ3) is 6.28. The second-order valence-corrected chi connectivity index (χ2v) is 13.1. The molecule has 8 aromatic rings. The Morgan fingerprint density at radius 3 is 1.94 bits per heavy atom. The molecule has 51 heavy (non-hydrogen) atoms. The summed E-state index contributed by atoms with van der Waals surface area (Å²) in [6, 6.07) is 38.5. The number of aromatic nitrogens is 4. The van der Waals surface area contributed by atoms with E-state index in [2.05, 4.69) is 135 Å². The molecule has 4 aromatic carbocycles. The molecule has 8 rings (SSSR count). The minimum absolute atomic E-state index is 0. The van der Waals surface area contributed by atoms with Crippen LogP contribution in [0.4, 0.5) is 0 Å². The molecule has 0 spiro atoms. The van der Waals surface area contributed by atoms with Crippen LogP contribution in [0, 0.1) is 53.7 Å². The van der Waals surface area contributed by atoms with Crippen molar-refractivity contribution >= 4 is 16.4 Å². The SMILES string of the molecule is Cc1cccc(C)c1-c1cc(Oc2[c-]c(-c3cc(-c4c(C)cccc4C)ccn3)cc3c2ccn2c(C)c(C)nc32)[c-]c(-c2ccccn2)c1.[Pt+2]. The van der Waals surface area contributed by atoms with Crippen molar-refractivity contribution in [1.29, 1.82) is 0 Å². The van der Waals surface area contributed by atoms with Gasteiger partial charge in [0.25, 0.3) is 0 Å². The van der Waals surface area contributed by atoms with Crippen molar-refractivity contribution < 1.29 is 25.8 Å². The van der Waals surface area contributed by atoms with E-state index in [1.807, 2.05) is 31.3 Å². The molecule has 0 unspecified atom stereocenters. The normalized spacial score (nSPS) is 11.2. The van der Waals surface area contributed by atoms with E-state index in [1.165, 1.54) is 33.4 Å². The van der Waals surface area contributed by atoms with E-state index in [4.69, 9.17) is 14.7 Å². The minimum Gasteiger partial charge on any atom is -0.496 e. The Balaban J connectivity index is 0.00000406. The van der Waals surface area contributed by atoms with Crippen LogP contribution in [0.3, 0.4) is 0 Å². The number of rotatable bonds is 6. The van der Waals surface area contributed by atoms with Crippen molar-refractivity contribution in [2.75, 3.05) is 0 Å². The summed E-state index contributed by atoms with van der Waals surface area (Å²) in [5.74, 6) is 1.16. The summed E-state index contributed by atoms with van der Waals surface area (Å²) in [6.07, 6.45) is 5.74. The number of fused-ring (bicyclic) bond motifs is 3.